The number of benzene rings is 2. The van der Waals surface area contributed by atoms with Gasteiger partial charge in [0, 0.05) is 16.8 Å². The molecule has 0 aliphatic rings. The highest BCUT2D eigenvalue weighted by atomic mass is 16.3. The molecule has 2 aromatic carbocycles. The average Bonchev–Trinajstić information content (AvgIpc) is 2.60. The van der Waals surface area contributed by atoms with Gasteiger partial charge in [0.05, 0.1) is 0 Å². The Labute approximate surface area is 173 Å². The molecule has 0 aromatic heterocycles. The van der Waals surface area contributed by atoms with E-state index >= 15 is 0 Å². The molecule has 0 saturated carbocycles. The van der Waals surface area contributed by atoms with Gasteiger partial charge in [-0.05, 0) is 53.2 Å². The number of para-hydroxylation sites is 1. The van der Waals surface area contributed by atoms with E-state index in [-0.39, 0.29) is 22.2 Å². The van der Waals surface area contributed by atoms with Gasteiger partial charge in [-0.15, -0.1) is 0 Å². The van der Waals surface area contributed by atoms with E-state index in [0.717, 1.165) is 16.7 Å². The predicted molar refractivity (Wildman–Crippen MR) is 119 cm³/mol. The van der Waals surface area contributed by atoms with Crippen LogP contribution in [-0.4, -0.2) is 11.0 Å². The molecule has 0 fully saturated rings. The van der Waals surface area contributed by atoms with Crippen LogP contribution >= 0.6 is 0 Å². The van der Waals surface area contributed by atoms with E-state index in [0.29, 0.717) is 11.3 Å². The van der Waals surface area contributed by atoms with Gasteiger partial charge in [0.1, 0.15) is 17.4 Å². The lowest BCUT2D eigenvalue weighted by Gasteiger charge is -2.28. The van der Waals surface area contributed by atoms with Gasteiger partial charge in [0.25, 0.3) is 5.91 Å². The molecule has 4 nitrogen and oxygen atoms in total. The van der Waals surface area contributed by atoms with E-state index in [4.69, 9.17) is 0 Å². The van der Waals surface area contributed by atoms with Crippen molar-refractivity contribution in [3.63, 3.8) is 0 Å². The van der Waals surface area contributed by atoms with Crippen molar-refractivity contribution in [1.82, 2.24) is 0 Å². The number of phenols is 1. The summed E-state index contributed by atoms with van der Waals surface area (Å²) in [4.78, 5) is 12.7. The summed E-state index contributed by atoms with van der Waals surface area (Å²) in [5, 5.41) is 23.2. The number of amides is 1. The van der Waals surface area contributed by atoms with Crippen LogP contribution in [0.15, 0.2) is 42.0 Å². The maximum atomic E-state index is 12.7. The second kappa shape index (κ2) is 8.13. The molecule has 0 aliphatic carbocycles. The van der Waals surface area contributed by atoms with Crippen LogP contribution in [0.5, 0.6) is 5.75 Å². The smallest absolute Gasteiger partial charge is 0.266 e. The summed E-state index contributed by atoms with van der Waals surface area (Å²) in [6, 6.07) is 13.1. The van der Waals surface area contributed by atoms with Crippen LogP contribution in [0.4, 0.5) is 5.69 Å². The number of aryl methyl sites for hydroxylation is 1. The minimum absolute atomic E-state index is 0.0126. The molecule has 0 bridgehead atoms. The SMILES string of the molecule is Cc1ccccc1NC(=O)/C(C#N)=C\c1cc(C(C)(C)C)c(O)c(C(C)(C)C)c1. The van der Waals surface area contributed by atoms with E-state index in [9.17, 15) is 15.2 Å². The number of carbonyl (C=O) groups excluding carboxylic acids is 1. The molecular weight excluding hydrogens is 360 g/mol. The van der Waals surface area contributed by atoms with Crippen molar-refractivity contribution in [1.29, 1.82) is 5.26 Å². The Morgan fingerprint density at radius 1 is 1.03 bits per heavy atom. The highest BCUT2D eigenvalue weighted by Crippen LogP contribution is 2.40. The fourth-order valence-electron chi connectivity index (χ4n) is 3.10. The van der Waals surface area contributed by atoms with Crippen LogP contribution in [-0.2, 0) is 15.6 Å². The van der Waals surface area contributed by atoms with E-state index < -0.39 is 5.91 Å². The fraction of sp³-hybridized carbons (Fsp3) is 0.360. The Morgan fingerprint density at radius 2 is 1.55 bits per heavy atom. The van der Waals surface area contributed by atoms with Crippen LogP contribution in [0.25, 0.3) is 6.08 Å². The van der Waals surface area contributed by atoms with Gasteiger partial charge in [-0.1, -0.05) is 59.7 Å². The van der Waals surface area contributed by atoms with Gasteiger partial charge < -0.3 is 10.4 Å². The van der Waals surface area contributed by atoms with Crippen molar-refractivity contribution in [3.05, 3.63) is 64.2 Å². The normalized spacial score (nSPS) is 12.4. The molecule has 0 saturated heterocycles. The van der Waals surface area contributed by atoms with Gasteiger partial charge in [-0.2, -0.15) is 5.26 Å². The van der Waals surface area contributed by atoms with Gasteiger partial charge in [-0.3, -0.25) is 4.79 Å². The van der Waals surface area contributed by atoms with Gasteiger partial charge in [0.15, 0.2) is 0 Å². The Balaban J connectivity index is 2.54. The Morgan fingerprint density at radius 3 is 2.00 bits per heavy atom. The van der Waals surface area contributed by atoms with Crippen LogP contribution in [0.1, 0.15) is 63.8 Å². The number of anilines is 1. The van der Waals surface area contributed by atoms with Crippen molar-refractivity contribution >= 4 is 17.7 Å². The third-order valence-corrected chi connectivity index (χ3v) is 4.82. The molecular formula is C25H30N2O2. The molecule has 4 heteroatoms. The molecule has 0 heterocycles. The molecule has 2 rings (SSSR count). The molecule has 0 atom stereocenters. The molecule has 29 heavy (non-hydrogen) atoms. The molecule has 1 amide bonds. The molecule has 2 N–H and O–H groups in total. The lowest BCUT2D eigenvalue weighted by Crippen LogP contribution is -2.18. The van der Waals surface area contributed by atoms with Crippen molar-refractivity contribution < 1.29 is 9.90 Å². The zero-order valence-corrected chi connectivity index (χ0v) is 18.3. The monoisotopic (exact) mass is 390 g/mol. The number of hydrogen-bond acceptors (Lipinski definition) is 3. The zero-order valence-electron chi connectivity index (χ0n) is 18.3. The molecule has 2 aromatic rings. The van der Waals surface area contributed by atoms with Crippen molar-refractivity contribution in [3.8, 4) is 11.8 Å². The number of phenolic OH excluding ortho intramolecular Hbond substituents is 1. The molecule has 0 spiro atoms. The van der Waals surface area contributed by atoms with Crippen LogP contribution in [0.3, 0.4) is 0 Å². The Bertz CT molecular complexity index is 962. The second-order valence-corrected chi connectivity index (χ2v) is 9.40. The minimum atomic E-state index is -0.454. The number of carbonyl (C=O) groups is 1. The van der Waals surface area contributed by atoms with Gasteiger partial charge in [0.2, 0.25) is 0 Å². The highest BCUT2D eigenvalue weighted by Gasteiger charge is 2.26. The van der Waals surface area contributed by atoms with E-state index in [1.54, 1.807) is 12.1 Å². The number of nitrogens with zero attached hydrogens (tertiary/aromatic N) is 1. The average molecular weight is 391 g/mol. The zero-order chi connectivity index (χ0) is 22.0. The van der Waals surface area contributed by atoms with Crippen LogP contribution in [0.2, 0.25) is 0 Å². The third kappa shape index (κ3) is 5.26. The predicted octanol–water partition coefficient (Wildman–Crippen LogP) is 5.84. The highest BCUT2D eigenvalue weighted by molar-refractivity contribution is 6.10. The summed E-state index contributed by atoms with van der Waals surface area (Å²) in [7, 11) is 0. The first-order valence-corrected chi connectivity index (χ1v) is 9.71. The maximum absolute atomic E-state index is 12.7. The first-order valence-electron chi connectivity index (χ1n) is 9.71. The topological polar surface area (TPSA) is 73.1 Å². The second-order valence-electron chi connectivity index (χ2n) is 9.40. The number of nitriles is 1. The molecule has 0 radical (unpaired) electrons. The van der Waals surface area contributed by atoms with Crippen molar-refractivity contribution in [2.75, 3.05) is 5.32 Å². The number of aromatic hydroxyl groups is 1. The van der Waals surface area contributed by atoms with Crippen molar-refractivity contribution in [2.24, 2.45) is 0 Å². The molecule has 152 valence electrons. The molecule has 0 unspecified atom stereocenters. The van der Waals surface area contributed by atoms with Crippen LogP contribution in [0, 0.1) is 18.3 Å². The minimum Gasteiger partial charge on any atom is -0.507 e. The number of hydrogen-bond donors (Lipinski definition) is 2. The van der Waals surface area contributed by atoms with Crippen LogP contribution < -0.4 is 5.32 Å². The Kier molecular flexibility index (Phi) is 6.23. The number of rotatable bonds is 3. The lowest BCUT2D eigenvalue weighted by molar-refractivity contribution is -0.112. The largest absolute Gasteiger partial charge is 0.507 e. The quantitative estimate of drug-likeness (QED) is 0.511. The lowest BCUT2D eigenvalue weighted by atomic mass is 9.78. The summed E-state index contributed by atoms with van der Waals surface area (Å²) >= 11 is 0. The summed E-state index contributed by atoms with van der Waals surface area (Å²) in [6.07, 6.45) is 1.58. The standard InChI is InChI=1S/C25H30N2O2/c1-16-10-8-9-11-21(16)27-23(29)18(15-26)12-17-13-19(24(2,3)4)22(28)20(14-17)25(5,6)7/h8-14,28H,1-7H3,(H,27,29)/b18-12-. The van der Waals surface area contributed by atoms with Gasteiger partial charge >= 0.3 is 0 Å². The van der Waals surface area contributed by atoms with E-state index in [1.807, 2.05) is 84.9 Å². The summed E-state index contributed by atoms with van der Waals surface area (Å²) < 4.78 is 0. The van der Waals surface area contributed by atoms with Crippen molar-refractivity contribution in [2.45, 2.75) is 59.3 Å². The Hall–Kier alpha value is -3.06. The fourth-order valence-corrected chi connectivity index (χ4v) is 3.10. The summed E-state index contributed by atoms with van der Waals surface area (Å²) in [5.41, 5.74) is 3.32. The molecule has 0 aliphatic heterocycles. The summed E-state index contributed by atoms with van der Waals surface area (Å²) in [6.45, 7) is 14.1. The first-order chi connectivity index (χ1) is 13.3. The first kappa shape index (κ1) is 22.2. The number of nitrogens with one attached hydrogen (secondary N) is 1. The summed E-state index contributed by atoms with van der Waals surface area (Å²) in [5.74, 6) is -0.186. The maximum Gasteiger partial charge on any atom is 0.266 e. The van der Waals surface area contributed by atoms with Gasteiger partial charge in [-0.25, -0.2) is 0 Å². The third-order valence-electron chi connectivity index (χ3n) is 4.82. The van der Waals surface area contributed by atoms with E-state index in [1.165, 1.54) is 0 Å². The van der Waals surface area contributed by atoms with E-state index in [2.05, 4.69) is 5.32 Å².